The van der Waals surface area contributed by atoms with Gasteiger partial charge in [0.05, 0.1) is 12.5 Å². The van der Waals surface area contributed by atoms with Gasteiger partial charge in [-0.3, -0.25) is 39.1 Å². The van der Waals surface area contributed by atoms with Gasteiger partial charge in [-0.05, 0) is 87.2 Å². The lowest BCUT2D eigenvalue weighted by Gasteiger charge is -2.30. The molecule has 7 atom stereocenters. The summed E-state index contributed by atoms with van der Waals surface area (Å²) in [6, 6.07) is 5.44. The molecule has 0 fully saturated rings. The number of rotatable bonds is 24. The van der Waals surface area contributed by atoms with Gasteiger partial charge in [-0.15, -0.1) is 0 Å². The molecule has 1 aliphatic heterocycles. The zero-order valence-corrected chi connectivity index (χ0v) is 36.2. The third-order valence-corrected chi connectivity index (χ3v) is 10.9. The molecule has 5 amide bonds. The van der Waals surface area contributed by atoms with E-state index in [-0.39, 0.29) is 56.5 Å². The minimum Gasteiger partial charge on any atom is -0.508 e. The summed E-state index contributed by atoms with van der Waals surface area (Å²) in [5, 5.41) is 46.3. The number of phenolic OH excluding ortho intramolecular Hbond substituents is 1. The van der Waals surface area contributed by atoms with E-state index in [4.69, 9.17) is 17.2 Å². The number of fused-ring (bicyclic) bond motifs is 3. The molecule has 0 unspecified atom stereocenters. The third kappa shape index (κ3) is 14.4. The highest BCUT2D eigenvalue weighted by molar-refractivity contribution is 5.98. The molecular formula is C43H61N11O10. The maximum Gasteiger partial charge on any atom is 0.326 e. The predicted molar refractivity (Wildman–Crippen MR) is 236 cm³/mol. The van der Waals surface area contributed by atoms with E-state index in [0.717, 1.165) is 22.2 Å². The number of aromatic nitrogens is 1. The summed E-state index contributed by atoms with van der Waals surface area (Å²) in [7, 11) is 0. The van der Waals surface area contributed by atoms with Crippen LogP contribution in [0.25, 0.3) is 10.9 Å². The molecule has 21 heteroatoms. The van der Waals surface area contributed by atoms with Crippen LogP contribution in [0.1, 0.15) is 82.2 Å². The molecule has 2 aromatic carbocycles. The van der Waals surface area contributed by atoms with E-state index in [1.54, 1.807) is 13.8 Å². The summed E-state index contributed by atoms with van der Waals surface area (Å²) < 4.78 is 0. The second-order valence-corrected chi connectivity index (χ2v) is 16.2. The van der Waals surface area contributed by atoms with Crippen LogP contribution in [0.5, 0.6) is 5.75 Å². The van der Waals surface area contributed by atoms with Crippen LogP contribution in [0, 0.1) is 5.92 Å². The van der Waals surface area contributed by atoms with Crippen LogP contribution in [0.15, 0.2) is 53.5 Å². The molecule has 0 saturated carbocycles. The van der Waals surface area contributed by atoms with Crippen LogP contribution in [0.3, 0.4) is 0 Å². The second-order valence-electron chi connectivity index (χ2n) is 16.2. The average Bonchev–Trinajstić information content (AvgIpc) is 3.62. The maximum absolute atomic E-state index is 14.1. The van der Waals surface area contributed by atoms with Crippen LogP contribution in [0.2, 0.25) is 0 Å². The number of hydrogen-bond acceptors (Lipinski definition) is 11. The Bertz CT molecular complexity index is 2160. The maximum atomic E-state index is 14.1. The first-order chi connectivity index (χ1) is 30.4. The highest BCUT2D eigenvalue weighted by Crippen LogP contribution is 2.31. The average molecular weight is 892 g/mol. The first kappa shape index (κ1) is 49.9. The quantitative estimate of drug-likeness (QED) is 0.0307. The zero-order valence-electron chi connectivity index (χ0n) is 36.2. The Morgan fingerprint density at radius 2 is 1.39 bits per heavy atom. The molecule has 0 saturated heterocycles. The van der Waals surface area contributed by atoms with Gasteiger partial charge in [0.2, 0.25) is 29.5 Å². The fourth-order valence-electron chi connectivity index (χ4n) is 7.48. The highest BCUT2D eigenvalue weighted by atomic mass is 16.4. The summed E-state index contributed by atoms with van der Waals surface area (Å²) in [5.74, 6) is -7.72. The zero-order chi connectivity index (χ0) is 47.1. The number of para-hydroxylation sites is 1. The predicted octanol–water partition coefficient (Wildman–Crippen LogP) is -0.487. The number of amides is 5. The number of unbranched alkanes of at least 4 members (excludes halogenated alkanes) is 1. The van der Waals surface area contributed by atoms with E-state index in [0.29, 0.717) is 24.8 Å². The van der Waals surface area contributed by atoms with Crippen LogP contribution in [-0.2, 0) is 46.4 Å². The molecule has 3 aromatic rings. The van der Waals surface area contributed by atoms with Gasteiger partial charge in [0, 0.05) is 35.6 Å². The van der Waals surface area contributed by atoms with E-state index >= 15 is 0 Å². The van der Waals surface area contributed by atoms with Crippen molar-refractivity contribution in [2.75, 3.05) is 13.1 Å². The molecule has 2 heterocycles. The topological polar surface area (TPSA) is 359 Å². The van der Waals surface area contributed by atoms with Crippen LogP contribution >= 0.6 is 0 Å². The third-order valence-electron chi connectivity index (χ3n) is 10.9. The molecule has 64 heavy (non-hydrogen) atoms. The van der Waals surface area contributed by atoms with Crippen molar-refractivity contribution >= 4 is 58.3 Å². The number of carbonyl (C=O) groups is 7. The van der Waals surface area contributed by atoms with E-state index in [2.05, 4.69) is 41.9 Å². The number of carboxylic acid groups (broad SMARTS) is 2. The molecule has 348 valence electrons. The molecule has 1 aromatic heterocycles. The van der Waals surface area contributed by atoms with Crippen molar-refractivity contribution in [3.63, 3.8) is 0 Å². The van der Waals surface area contributed by atoms with Gasteiger partial charge in [0.15, 0.2) is 5.96 Å². The number of carboxylic acids is 2. The van der Waals surface area contributed by atoms with Crippen molar-refractivity contribution in [1.82, 2.24) is 36.9 Å². The van der Waals surface area contributed by atoms with Gasteiger partial charge < -0.3 is 64.1 Å². The summed E-state index contributed by atoms with van der Waals surface area (Å²) in [6.07, 6.45) is 0.391. The molecule has 1 aliphatic rings. The Morgan fingerprint density at radius 3 is 2.02 bits per heavy atom. The van der Waals surface area contributed by atoms with E-state index in [9.17, 15) is 48.9 Å². The number of benzene rings is 2. The number of carbonyl (C=O) groups excluding carboxylic acids is 5. The Morgan fingerprint density at radius 1 is 0.781 bits per heavy atom. The van der Waals surface area contributed by atoms with Crippen LogP contribution < -0.4 is 49.1 Å². The number of aliphatic carboxylic acids is 2. The number of aliphatic imine (C=N–C) groups is 1. The van der Waals surface area contributed by atoms with Gasteiger partial charge in [0.1, 0.15) is 36.0 Å². The van der Waals surface area contributed by atoms with Crippen molar-refractivity contribution in [2.24, 2.45) is 28.1 Å². The number of aromatic amines is 1. The molecule has 0 spiro atoms. The number of aromatic hydroxyl groups is 1. The molecule has 16 N–H and O–H groups in total. The lowest BCUT2D eigenvalue weighted by molar-refractivity contribution is -0.143. The summed E-state index contributed by atoms with van der Waals surface area (Å²) in [6.45, 7) is 5.47. The SMILES string of the molecule is CC(C)[C@H](NC(=O)[C@H](CC(=O)O)NC(=O)[C@H](CCCCN)NC(=O)[C@H](CCCN=C(N)N)NC(=O)[C@@H]1Cc2c([nH]c3ccccc23)[C@H](C)N1)C(=O)N[C@@H](Cc1ccc(O)cc1)C(=O)O. The Balaban J connectivity index is 1.51. The van der Waals surface area contributed by atoms with Crippen molar-refractivity contribution in [3.05, 3.63) is 65.4 Å². The number of nitrogens with zero attached hydrogens (tertiary/aromatic N) is 1. The van der Waals surface area contributed by atoms with E-state index < -0.39 is 90.1 Å². The highest BCUT2D eigenvalue weighted by Gasteiger charge is 2.36. The van der Waals surface area contributed by atoms with Crippen molar-refractivity contribution in [2.45, 2.75) is 114 Å². The minimum absolute atomic E-state index is 0.0184. The molecular weight excluding hydrogens is 831 g/mol. The Hall–Kier alpha value is -6.74. The van der Waals surface area contributed by atoms with Crippen LogP contribution in [-0.4, -0.2) is 117 Å². The fraction of sp³-hybridized carbons (Fsp3) is 0.488. The number of hydrogen-bond donors (Lipinski definition) is 13. The van der Waals surface area contributed by atoms with Crippen molar-refractivity contribution in [1.29, 1.82) is 0 Å². The van der Waals surface area contributed by atoms with Gasteiger partial charge in [-0.2, -0.15) is 0 Å². The molecule has 21 nitrogen and oxygen atoms in total. The first-order valence-corrected chi connectivity index (χ1v) is 21.2. The summed E-state index contributed by atoms with van der Waals surface area (Å²) in [5.41, 5.74) is 20.1. The molecule has 0 aliphatic carbocycles. The van der Waals surface area contributed by atoms with Gasteiger partial charge in [-0.25, -0.2) is 4.79 Å². The minimum atomic E-state index is -1.75. The number of guanidine groups is 1. The standard InChI is InChI=1S/C43H61N11O10/c1-22(2)35(41(62)53-33(42(63)64)19-24-13-15-25(55)16-14-24)54-40(61)32(21-34(56)57)52-38(59)29(11-6-7-17-44)50-37(58)30(12-8-18-47-43(45)46)51-39(60)31-20-27-26-9-4-5-10-28(26)49-36(27)23(3)48-31/h4-5,9-10,13-16,22-23,29-33,35,48-49,55H,6-8,11-12,17-21,44H2,1-3H3,(H,50,58)(H,51,60)(H,52,59)(H,53,62)(H,54,61)(H,56,57)(H,63,64)(H4,45,46,47)/t23-,29-,30-,31-,32-,33-,35-/m0/s1. The number of nitrogens with two attached hydrogens (primary N) is 3. The molecule has 4 rings (SSSR count). The van der Waals surface area contributed by atoms with E-state index in [1.165, 1.54) is 24.3 Å². The molecule has 0 bridgehead atoms. The second kappa shape index (κ2) is 23.6. The summed E-state index contributed by atoms with van der Waals surface area (Å²) in [4.78, 5) is 101. The van der Waals surface area contributed by atoms with Crippen molar-refractivity contribution < 1.29 is 48.9 Å². The fourth-order valence-corrected chi connectivity index (χ4v) is 7.48. The van der Waals surface area contributed by atoms with Gasteiger partial charge in [0.25, 0.3) is 0 Å². The van der Waals surface area contributed by atoms with Crippen molar-refractivity contribution in [3.8, 4) is 5.75 Å². The lowest BCUT2D eigenvalue weighted by atomic mass is 9.94. The van der Waals surface area contributed by atoms with E-state index in [1.807, 2.05) is 31.2 Å². The van der Waals surface area contributed by atoms with Gasteiger partial charge >= 0.3 is 11.9 Å². The number of H-pyrrole nitrogens is 1. The number of phenols is 1. The van der Waals surface area contributed by atoms with Crippen LogP contribution in [0.4, 0.5) is 0 Å². The smallest absolute Gasteiger partial charge is 0.326 e. The van der Waals surface area contributed by atoms with Gasteiger partial charge in [-0.1, -0.05) is 44.2 Å². The summed E-state index contributed by atoms with van der Waals surface area (Å²) >= 11 is 0. The number of nitrogens with one attached hydrogen (secondary N) is 7. The molecule has 0 radical (unpaired) electrons. The monoisotopic (exact) mass is 891 g/mol. The normalized spacial score (nSPS) is 16.8. The Kier molecular flexibility index (Phi) is 18.4. The first-order valence-electron chi connectivity index (χ1n) is 21.2. The Labute approximate surface area is 370 Å². The largest absolute Gasteiger partial charge is 0.508 e. The lowest BCUT2D eigenvalue weighted by Crippen LogP contribution is -2.60.